The van der Waals surface area contributed by atoms with E-state index >= 15 is 0 Å². The van der Waals surface area contributed by atoms with Crippen LogP contribution in [0.2, 0.25) is 0 Å². The smallest absolute Gasteiger partial charge is 0.345 e. The molecule has 0 fully saturated rings. The van der Waals surface area contributed by atoms with E-state index in [1.54, 1.807) is 31.4 Å². The lowest BCUT2D eigenvalue weighted by Crippen LogP contribution is -2.28. The molecule has 0 amide bonds. The summed E-state index contributed by atoms with van der Waals surface area (Å²) in [5.41, 5.74) is 0.0472. The molecule has 0 spiro atoms. The van der Waals surface area contributed by atoms with E-state index in [-0.39, 0.29) is 17.6 Å². The molecule has 0 bridgehead atoms. The molecule has 0 aliphatic carbocycles. The van der Waals surface area contributed by atoms with Crippen molar-refractivity contribution in [2.24, 2.45) is 0 Å². The fourth-order valence-electron chi connectivity index (χ4n) is 3.19. The fourth-order valence-corrected chi connectivity index (χ4v) is 3.19. The average molecular weight is 403 g/mol. The number of carboxylic acids is 1. The molecule has 0 atom stereocenters. The second-order valence-corrected chi connectivity index (χ2v) is 6.57. The van der Waals surface area contributed by atoms with Gasteiger partial charge in [0.05, 0.1) is 19.0 Å². The molecule has 0 aliphatic rings. The number of aromatic carboxylic acids is 1. The molecule has 2 N–H and O–H groups in total. The number of ether oxygens (including phenoxy) is 1. The number of nitrogens with zero attached hydrogens (tertiary/aromatic N) is 3. The Bertz CT molecular complexity index is 1300. The summed E-state index contributed by atoms with van der Waals surface area (Å²) in [6.07, 6.45) is 1.33. The molecule has 2 aromatic carbocycles. The van der Waals surface area contributed by atoms with Crippen molar-refractivity contribution in [3.8, 4) is 22.9 Å². The van der Waals surface area contributed by atoms with Gasteiger partial charge in [-0.25, -0.2) is 14.8 Å². The summed E-state index contributed by atoms with van der Waals surface area (Å²) in [6, 6.07) is 16.2. The SMILES string of the molecule is COc1ccc(Cn2c(=O)c(C(=O)O)c(O)c3cnc(-c4ccccc4)nc32)cc1. The minimum Gasteiger partial charge on any atom is -0.506 e. The second kappa shape index (κ2) is 7.67. The first kappa shape index (κ1) is 19.1. The number of aromatic hydroxyl groups is 1. The first-order valence-electron chi connectivity index (χ1n) is 9.03. The molecule has 8 nitrogen and oxygen atoms in total. The molecule has 0 aliphatic heterocycles. The highest BCUT2D eigenvalue weighted by Crippen LogP contribution is 2.27. The van der Waals surface area contributed by atoms with Crippen LogP contribution in [0.3, 0.4) is 0 Å². The van der Waals surface area contributed by atoms with Crippen LogP contribution in [0.5, 0.6) is 11.5 Å². The summed E-state index contributed by atoms with van der Waals surface area (Å²) in [6.45, 7) is 0.0606. The minimum atomic E-state index is -1.52. The zero-order chi connectivity index (χ0) is 21.3. The highest BCUT2D eigenvalue weighted by Gasteiger charge is 2.23. The largest absolute Gasteiger partial charge is 0.506 e. The van der Waals surface area contributed by atoms with Crippen molar-refractivity contribution in [3.63, 3.8) is 0 Å². The lowest BCUT2D eigenvalue weighted by molar-refractivity contribution is 0.0691. The molecule has 8 heteroatoms. The van der Waals surface area contributed by atoms with Crippen molar-refractivity contribution in [2.45, 2.75) is 6.54 Å². The quantitative estimate of drug-likeness (QED) is 0.526. The maximum atomic E-state index is 13.0. The van der Waals surface area contributed by atoms with Gasteiger partial charge in [0.25, 0.3) is 5.56 Å². The number of methoxy groups -OCH3 is 1. The number of hydrogen-bond donors (Lipinski definition) is 2. The molecule has 4 rings (SSSR count). The summed E-state index contributed by atoms with van der Waals surface area (Å²) >= 11 is 0. The molecule has 2 heterocycles. The number of carboxylic acid groups (broad SMARTS) is 1. The van der Waals surface area contributed by atoms with Gasteiger partial charge < -0.3 is 14.9 Å². The van der Waals surface area contributed by atoms with Gasteiger partial charge in [-0.3, -0.25) is 9.36 Å². The van der Waals surface area contributed by atoms with Gasteiger partial charge in [-0.1, -0.05) is 42.5 Å². The Morgan fingerprint density at radius 2 is 1.80 bits per heavy atom. The number of benzene rings is 2. The Kier molecular flexibility index (Phi) is 4.89. The lowest BCUT2D eigenvalue weighted by atomic mass is 10.1. The molecule has 0 radical (unpaired) electrons. The number of rotatable bonds is 5. The van der Waals surface area contributed by atoms with E-state index in [1.165, 1.54) is 10.8 Å². The van der Waals surface area contributed by atoms with Crippen LogP contribution in [0.25, 0.3) is 22.4 Å². The number of fused-ring (bicyclic) bond motifs is 1. The normalized spacial score (nSPS) is 10.8. The topological polar surface area (TPSA) is 115 Å². The Hall–Kier alpha value is -4.20. The fraction of sp³-hybridized carbons (Fsp3) is 0.0909. The summed E-state index contributed by atoms with van der Waals surface area (Å²) in [5, 5.41) is 20.0. The van der Waals surface area contributed by atoms with Crippen molar-refractivity contribution in [3.05, 3.63) is 82.3 Å². The van der Waals surface area contributed by atoms with E-state index < -0.39 is 22.8 Å². The van der Waals surface area contributed by atoms with E-state index in [9.17, 15) is 19.8 Å². The number of hydrogen-bond acceptors (Lipinski definition) is 6. The summed E-state index contributed by atoms with van der Waals surface area (Å²) in [4.78, 5) is 33.3. The zero-order valence-electron chi connectivity index (χ0n) is 15.9. The number of carbonyl (C=O) groups is 1. The van der Waals surface area contributed by atoms with E-state index in [1.807, 2.05) is 30.3 Å². The van der Waals surface area contributed by atoms with Gasteiger partial charge in [-0.05, 0) is 17.7 Å². The highest BCUT2D eigenvalue weighted by molar-refractivity contribution is 5.97. The Labute approximate surface area is 170 Å². The standard InChI is InChI=1S/C22H17N3O5/c1-30-15-9-7-13(8-10-15)12-25-20-16(18(26)17(21(25)27)22(28)29)11-23-19(24-20)14-5-3-2-4-6-14/h2-11,26H,12H2,1H3,(H,28,29). The molecule has 0 saturated heterocycles. The third-order valence-corrected chi connectivity index (χ3v) is 4.72. The van der Waals surface area contributed by atoms with Gasteiger partial charge in [0.15, 0.2) is 17.0 Å². The van der Waals surface area contributed by atoms with Crippen molar-refractivity contribution >= 4 is 17.0 Å². The third-order valence-electron chi connectivity index (χ3n) is 4.72. The molecular formula is C22H17N3O5. The molecule has 150 valence electrons. The van der Waals surface area contributed by atoms with Gasteiger partial charge in [0.2, 0.25) is 0 Å². The van der Waals surface area contributed by atoms with Crippen molar-refractivity contribution in [2.75, 3.05) is 7.11 Å². The minimum absolute atomic E-state index is 0.0606. The van der Waals surface area contributed by atoms with Crippen LogP contribution in [-0.4, -0.2) is 37.8 Å². The van der Waals surface area contributed by atoms with Gasteiger partial charge in [0, 0.05) is 11.8 Å². The summed E-state index contributed by atoms with van der Waals surface area (Å²) < 4.78 is 6.38. The Morgan fingerprint density at radius 3 is 2.43 bits per heavy atom. The first-order chi connectivity index (χ1) is 14.5. The zero-order valence-corrected chi connectivity index (χ0v) is 15.9. The van der Waals surface area contributed by atoms with Gasteiger partial charge in [-0.15, -0.1) is 0 Å². The maximum absolute atomic E-state index is 13.0. The lowest BCUT2D eigenvalue weighted by Gasteiger charge is -2.14. The summed E-state index contributed by atoms with van der Waals surface area (Å²) in [7, 11) is 1.55. The van der Waals surface area contributed by atoms with Gasteiger partial charge in [0.1, 0.15) is 11.5 Å². The van der Waals surface area contributed by atoms with Crippen LogP contribution in [0, 0.1) is 0 Å². The van der Waals surface area contributed by atoms with E-state index in [4.69, 9.17) is 4.74 Å². The number of aromatic nitrogens is 3. The summed E-state index contributed by atoms with van der Waals surface area (Å²) in [5.74, 6) is -1.15. The number of pyridine rings is 1. The first-order valence-corrected chi connectivity index (χ1v) is 9.03. The van der Waals surface area contributed by atoms with Crippen LogP contribution < -0.4 is 10.3 Å². The predicted octanol–water partition coefficient (Wildman–Crippen LogP) is 2.92. The van der Waals surface area contributed by atoms with E-state index in [0.29, 0.717) is 11.6 Å². The monoisotopic (exact) mass is 403 g/mol. The Balaban J connectivity index is 1.96. The molecule has 4 aromatic rings. The molecule has 30 heavy (non-hydrogen) atoms. The Morgan fingerprint density at radius 1 is 1.10 bits per heavy atom. The maximum Gasteiger partial charge on any atom is 0.345 e. The van der Waals surface area contributed by atoms with Crippen LogP contribution in [0.15, 0.2) is 65.6 Å². The van der Waals surface area contributed by atoms with Crippen LogP contribution in [-0.2, 0) is 6.54 Å². The van der Waals surface area contributed by atoms with Crippen molar-refractivity contribution in [1.82, 2.24) is 14.5 Å². The molecule has 2 aromatic heterocycles. The van der Waals surface area contributed by atoms with Crippen molar-refractivity contribution < 1.29 is 19.7 Å². The van der Waals surface area contributed by atoms with Gasteiger partial charge >= 0.3 is 5.97 Å². The highest BCUT2D eigenvalue weighted by atomic mass is 16.5. The predicted molar refractivity (Wildman–Crippen MR) is 110 cm³/mol. The van der Waals surface area contributed by atoms with Crippen LogP contribution >= 0.6 is 0 Å². The van der Waals surface area contributed by atoms with Crippen LogP contribution in [0.1, 0.15) is 15.9 Å². The third kappa shape index (κ3) is 3.35. The van der Waals surface area contributed by atoms with E-state index in [0.717, 1.165) is 11.1 Å². The molecule has 0 unspecified atom stereocenters. The molecular weight excluding hydrogens is 386 g/mol. The van der Waals surface area contributed by atoms with Crippen LogP contribution in [0.4, 0.5) is 0 Å². The van der Waals surface area contributed by atoms with E-state index in [2.05, 4.69) is 9.97 Å². The molecule has 0 saturated carbocycles. The average Bonchev–Trinajstić information content (AvgIpc) is 2.77. The second-order valence-electron chi connectivity index (χ2n) is 6.57. The van der Waals surface area contributed by atoms with Gasteiger partial charge in [-0.2, -0.15) is 0 Å². The van der Waals surface area contributed by atoms with Crippen molar-refractivity contribution in [1.29, 1.82) is 0 Å².